The quantitative estimate of drug-likeness (QED) is 0.446. The van der Waals surface area contributed by atoms with Crippen LogP contribution in [0, 0.1) is 0 Å². The third-order valence-electron chi connectivity index (χ3n) is 1.19. The van der Waals surface area contributed by atoms with Crippen LogP contribution in [0.2, 0.25) is 0 Å². The summed E-state index contributed by atoms with van der Waals surface area (Å²) in [6.45, 7) is 9.05. The summed E-state index contributed by atoms with van der Waals surface area (Å²) < 4.78 is 5.36. The van der Waals surface area contributed by atoms with E-state index in [0.29, 0.717) is 0 Å². The smallest absolute Gasteiger partial charge is 0.0928 e. The van der Waals surface area contributed by atoms with Gasteiger partial charge in [0.15, 0.2) is 0 Å². The van der Waals surface area contributed by atoms with Crippen LogP contribution < -0.4 is 0 Å². The molecule has 11 heavy (non-hydrogen) atoms. The Labute approximate surface area is 69.8 Å². The molecule has 0 amide bonds. The summed E-state index contributed by atoms with van der Waals surface area (Å²) >= 11 is 0. The molecule has 64 valence electrons. The molecule has 0 radical (unpaired) electrons. The number of hydrogen-bond acceptors (Lipinski definition) is 1. The van der Waals surface area contributed by atoms with Crippen LogP contribution in [0.4, 0.5) is 0 Å². The molecular formula is C10H18O. The topological polar surface area (TPSA) is 9.23 Å². The van der Waals surface area contributed by atoms with Gasteiger partial charge in [0.25, 0.3) is 0 Å². The summed E-state index contributed by atoms with van der Waals surface area (Å²) in [5.74, 6) is 0.994. The molecule has 0 aliphatic carbocycles. The summed E-state index contributed by atoms with van der Waals surface area (Å²) in [6.07, 6.45) is 5.13. The highest BCUT2D eigenvalue weighted by molar-refractivity contribution is 5.10. The van der Waals surface area contributed by atoms with Gasteiger partial charge in [-0.3, -0.25) is 0 Å². The van der Waals surface area contributed by atoms with E-state index in [0.717, 1.165) is 18.8 Å². The average Bonchev–Trinajstić information content (AvgIpc) is 1.97. The third kappa shape index (κ3) is 7.17. The van der Waals surface area contributed by atoms with Crippen molar-refractivity contribution in [1.29, 1.82) is 0 Å². The minimum Gasteiger partial charge on any atom is -0.498 e. The molecule has 0 aliphatic heterocycles. The zero-order valence-electron chi connectivity index (χ0n) is 7.98. The lowest BCUT2D eigenvalue weighted by Gasteiger charge is -2.02. The predicted molar refractivity (Wildman–Crippen MR) is 49.4 cm³/mol. The molecule has 0 unspecified atom stereocenters. The van der Waals surface area contributed by atoms with Crippen molar-refractivity contribution in [3.63, 3.8) is 0 Å². The molecule has 0 aliphatic rings. The first kappa shape index (κ1) is 10.3. The standard InChI is InChI=1S/C10H18O/c1-5-8-11-10(4)7-6-9(2)3/h6-7H,5,8H2,1-4H3/b10-7-. The normalized spacial score (nSPS) is 11.1. The first-order valence-electron chi connectivity index (χ1n) is 4.11. The Balaban J connectivity index is 3.72. The fourth-order valence-electron chi connectivity index (χ4n) is 0.595. The number of rotatable bonds is 4. The van der Waals surface area contributed by atoms with E-state index in [2.05, 4.69) is 26.8 Å². The summed E-state index contributed by atoms with van der Waals surface area (Å²) in [7, 11) is 0. The largest absolute Gasteiger partial charge is 0.498 e. The summed E-state index contributed by atoms with van der Waals surface area (Å²) in [6, 6.07) is 0. The maximum Gasteiger partial charge on any atom is 0.0928 e. The molecule has 0 saturated carbocycles. The van der Waals surface area contributed by atoms with Gasteiger partial charge >= 0.3 is 0 Å². The monoisotopic (exact) mass is 154 g/mol. The van der Waals surface area contributed by atoms with Gasteiger partial charge < -0.3 is 4.74 Å². The van der Waals surface area contributed by atoms with Crippen LogP contribution in [0.3, 0.4) is 0 Å². The second kappa shape index (κ2) is 6.02. The zero-order chi connectivity index (χ0) is 8.69. The minimum atomic E-state index is 0.818. The Hall–Kier alpha value is -0.720. The lowest BCUT2D eigenvalue weighted by Crippen LogP contribution is -1.88. The molecule has 0 aromatic rings. The van der Waals surface area contributed by atoms with Gasteiger partial charge in [-0.25, -0.2) is 0 Å². The second-order valence-corrected chi connectivity index (χ2v) is 2.87. The fraction of sp³-hybridized carbons (Fsp3) is 0.600. The van der Waals surface area contributed by atoms with Crippen LogP contribution in [0.15, 0.2) is 23.5 Å². The maximum absolute atomic E-state index is 5.36. The SMILES string of the molecule is CCCO/C(C)=C\C=C(C)C. The van der Waals surface area contributed by atoms with Gasteiger partial charge in [0.1, 0.15) is 0 Å². The van der Waals surface area contributed by atoms with E-state index < -0.39 is 0 Å². The van der Waals surface area contributed by atoms with Crippen LogP contribution in [0.1, 0.15) is 34.1 Å². The third-order valence-corrected chi connectivity index (χ3v) is 1.19. The highest BCUT2D eigenvalue weighted by atomic mass is 16.5. The van der Waals surface area contributed by atoms with Crippen LogP contribution in [-0.2, 0) is 4.74 Å². The first-order chi connectivity index (χ1) is 5.16. The Bertz CT molecular complexity index is 150. The number of hydrogen-bond donors (Lipinski definition) is 0. The van der Waals surface area contributed by atoms with Crippen molar-refractivity contribution in [2.75, 3.05) is 6.61 Å². The van der Waals surface area contributed by atoms with Gasteiger partial charge in [0.05, 0.1) is 12.4 Å². The lowest BCUT2D eigenvalue weighted by atomic mass is 10.3. The molecule has 1 heteroatoms. The Morgan fingerprint density at radius 1 is 1.18 bits per heavy atom. The van der Waals surface area contributed by atoms with Crippen LogP contribution in [0.5, 0.6) is 0 Å². The molecule has 0 N–H and O–H groups in total. The van der Waals surface area contributed by atoms with Gasteiger partial charge in [-0.1, -0.05) is 18.6 Å². The minimum absolute atomic E-state index is 0.818. The molecule has 0 spiro atoms. The van der Waals surface area contributed by atoms with Crippen molar-refractivity contribution in [3.8, 4) is 0 Å². The van der Waals surface area contributed by atoms with Crippen molar-refractivity contribution in [2.45, 2.75) is 34.1 Å². The summed E-state index contributed by atoms with van der Waals surface area (Å²) in [4.78, 5) is 0. The molecule has 0 aromatic carbocycles. The summed E-state index contributed by atoms with van der Waals surface area (Å²) in [5, 5.41) is 0. The molecule has 0 bridgehead atoms. The van der Waals surface area contributed by atoms with Crippen molar-refractivity contribution in [2.24, 2.45) is 0 Å². The van der Waals surface area contributed by atoms with Crippen LogP contribution >= 0.6 is 0 Å². The van der Waals surface area contributed by atoms with E-state index in [4.69, 9.17) is 4.74 Å². The van der Waals surface area contributed by atoms with E-state index >= 15 is 0 Å². The van der Waals surface area contributed by atoms with Crippen LogP contribution in [-0.4, -0.2) is 6.61 Å². The number of ether oxygens (including phenoxy) is 1. The molecule has 0 aromatic heterocycles. The maximum atomic E-state index is 5.36. The van der Waals surface area contributed by atoms with E-state index in [1.165, 1.54) is 5.57 Å². The number of allylic oxidation sites excluding steroid dienone is 4. The van der Waals surface area contributed by atoms with Gasteiger partial charge in [0, 0.05) is 0 Å². The molecule has 0 heterocycles. The van der Waals surface area contributed by atoms with Gasteiger partial charge in [-0.15, -0.1) is 0 Å². The average molecular weight is 154 g/mol. The Morgan fingerprint density at radius 3 is 2.27 bits per heavy atom. The molecule has 0 rings (SSSR count). The van der Waals surface area contributed by atoms with Crippen LogP contribution in [0.25, 0.3) is 0 Å². The van der Waals surface area contributed by atoms with E-state index in [1.807, 2.05) is 13.0 Å². The van der Waals surface area contributed by atoms with Crippen molar-refractivity contribution in [3.05, 3.63) is 23.5 Å². The van der Waals surface area contributed by atoms with E-state index in [1.54, 1.807) is 0 Å². The predicted octanol–water partition coefficient (Wildman–Crippen LogP) is 3.28. The molecule has 0 saturated heterocycles. The zero-order valence-corrected chi connectivity index (χ0v) is 7.98. The Kier molecular flexibility index (Phi) is 5.63. The van der Waals surface area contributed by atoms with E-state index in [9.17, 15) is 0 Å². The van der Waals surface area contributed by atoms with E-state index in [-0.39, 0.29) is 0 Å². The lowest BCUT2D eigenvalue weighted by molar-refractivity contribution is 0.214. The second-order valence-electron chi connectivity index (χ2n) is 2.87. The highest BCUT2D eigenvalue weighted by Crippen LogP contribution is 1.98. The molecule has 1 nitrogen and oxygen atoms in total. The first-order valence-corrected chi connectivity index (χ1v) is 4.11. The van der Waals surface area contributed by atoms with Crippen molar-refractivity contribution < 1.29 is 4.74 Å². The molecule has 0 atom stereocenters. The van der Waals surface area contributed by atoms with Gasteiger partial charge in [-0.05, 0) is 33.3 Å². The van der Waals surface area contributed by atoms with Gasteiger partial charge in [0.2, 0.25) is 0 Å². The molecular weight excluding hydrogens is 136 g/mol. The van der Waals surface area contributed by atoms with Crippen molar-refractivity contribution >= 4 is 0 Å². The summed E-state index contributed by atoms with van der Waals surface area (Å²) in [5.41, 5.74) is 1.30. The Morgan fingerprint density at radius 2 is 1.82 bits per heavy atom. The fourth-order valence-corrected chi connectivity index (χ4v) is 0.595. The highest BCUT2D eigenvalue weighted by Gasteiger charge is 1.84. The van der Waals surface area contributed by atoms with Gasteiger partial charge in [-0.2, -0.15) is 0 Å². The molecule has 0 fully saturated rings. The van der Waals surface area contributed by atoms with Crippen molar-refractivity contribution in [1.82, 2.24) is 0 Å².